The van der Waals surface area contributed by atoms with E-state index in [4.69, 9.17) is 0 Å². The molecule has 1 fully saturated rings. The van der Waals surface area contributed by atoms with Crippen molar-refractivity contribution in [1.82, 2.24) is 9.97 Å². The molecule has 2 aromatic heterocycles. The van der Waals surface area contributed by atoms with Crippen LogP contribution in [0.1, 0.15) is 50.7 Å². The number of hydrogen-bond donors (Lipinski definition) is 0. The van der Waals surface area contributed by atoms with E-state index >= 15 is 0 Å². The minimum atomic E-state index is 0. The zero-order valence-electron chi connectivity index (χ0n) is 14.7. The fourth-order valence-electron chi connectivity index (χ4n) is 2.66. The Morgan fingerprint density at radius 3 is 1.50 bits per heavy atom. The van der Waals surface area contributed by atoms with Gasteiger partial charge in [-0.25, -0.2) is 9.97 Å². The molecule has 1 radical (unpaired) electrons. The molecule has 2 aromatic rings. The van der Waals surface area contributed by atoms with E-state index in [0.29, 0.717) is 11.8 Å². The van der Waals surface area contributed by atoms with Crippen LogP contribution >= 0.6 is 0 Å². The van der Waals surface area contributed by atoms with Crippen molar-refractivity contribution >= 4 is 19.2 Å². The van der Waals surface area contributed by atoms with Crippen LogP contribution in [0.2, 0.25) is 0 Å². The Hall–Kier alpha value is -1.35. The molecule has 0 atom stereocenters. The first-order chi connectivity index (χ1) is 11.0. The number of aromatic nitrogens is 2. The molecular formula is C18H24BN4Pt. The molecule has 0 unspecified atom stereocenters. The number of anilines is 2. The molecule has 3 rings (SSSR count). The van der Waals surface area contributed by atoms with Crippen molar-refractivity contribution in [2.75, 3.05) is 22.7 Å². The van der Waals surface area contributed by atoms with E-state index in [1.807, 2.05) is 12.4 Å². The van der Waals surface area contributed by atoms with Crippen molar-refractivity contribution < 1.29 is 21.1 Å². The second kappa shape index (κ2) is 8.16. The van der Waals surface area contributed by atoms with Gasteiger partial charge in [0, 0.05) is 46.5 Å². The molecule has 0 aromatic carbocycles. The maximum atomic E-state index is 4.59. The Labute approximate surface area is 160 Å². The molecule has 1 saturated heterocycles. The molecule has 6 heteroatoms. The maximum absolute atomic E-state index is 4.59. The molecule has 0 saturated carbocycles. The summed E-state index contributed by atoms with van der Waals surface area (Å²) in [5.41, 5.74) is 2.55. The predicted molar refractivity (Wildman–Crippen MR) is 97.1 cm³/mol. The van der Waals surface area contributed by atoms with E-state index in [9.17, 15) is 0 Å². The quantitative estimate of drug-likeness (QED) is 0.599. The van der Waals surface area contributed by atoms with Gasteiger partial charge in [-0.1, -0.05) is 39.8 Å². The first kappa shape index (κ1) is 19.0. The van der Waals surface area contributed by atoms with Gasteiger partial charge in [-0.2, -0.15) is 0 Å². The Kier molecular flexibility index (Phi) is 6.45. The number of rotatable bonds is 4. The fraction of sp³-hybridized carbons (Fsp3) is 0.444. The zero-order chi connectivity index (χ0) is 16.4. The van der Waals surface area contributed by atoms with E-state index in [1.54, 1.807) is 0 Å². The molecule has 0 aliphatic carbocycles. The van der Waals surface area contributed by atoms with Crippen molar-refractivity contribution in [1.29, 1.82) is 0 Å². The Balaban J connectivity index is 0.00000208. The monoisotopic (exact) mass is 502 g/mol. The van der Waals surface area contributed by atoms with E-state index in [-0.39, 0.29) is 21.1 Å². The van der Waals surface area contributed by atoms with Crippen molar-refractivity contribution in [3.63, 3.8) is 0 Å². The van der Waals surface area contributed by atoms with E-state index in [0.717, 1.165) is 24.7 Å². The average Bonchev–Trinajstić information content (AvgIpc) is 3.05. The summed E-state index contributed by atoms with van der Waals surface area (Å²) in [6.45, 7) is 10.6. The van der Waals surface area contributed by atoms with Crippen LogP contribution in [0.3, 0.4) is 0 Å². The molecule has 0 N–H and O–H groups in total. The van der Waals surface area contributed by atoms with Crippen molar-refractivity contribution in [3.8, 4) is 0 Å². The summed E-state index contributed by atoms with van der Waals surface area (Å²) in [5.74, 6) is 3.02. The van der Waals surface area contributed by atoms with E-state index < -0.39 is 0 Å². The van der Waals surface area contributed by atoms with Crippen LogP contribution in [-0.4, -0.2) is 30.6 Å². The summed E-state index contributed by atoms with van der Waals surface area (Å²) in [6, 6.07) is 8.54. The van der Waals surface area contributed by atoms with Gasteiger partial charge in [0.25, 0.3) is 0 Å². The fourth-order valence-corrected chi connectivity index (χ4v) is 2.66. The molecule has 0 bridgehead atoms. The van der Waals surface area contributed by atoms with Gasteiger partial charge < -0.3 is 9.62 Å². The molecule has 0 spiro atoms. The van der Waals surface area contributed by atoms with Crippen LogP contribution in [-0.2, 0) is 21.1 Å². The predicted octanol–water partition coefficient (Wildman–Crippen LogP) is 3.58. The third-order valence-electron chi connectivity index (χ3n) is 4.32. The SMILES string of the molecule is CC(C)c1ccc(N2[B]N(c3ccc(C(C)C)cn3)CC2)nc1.[Pt]. The van der Waals surface area contributed by atoms with Crippen LogP contribution in [0.5, 0.6) is 0 Å². The average molecular weight is 502 g/mol. The van der Waals surface area contributed by atoms with Crippen molar-refractivity contribution in [2.45, 2.75) is 39.5 Å². The van der Waals surface area contributed by atoms with Crippen LogP contribution < -0.4 is 9.62 Å². The number of hydrogen-bond acceptors (Lipinski definition) is 4. The van der Waals surface area contributed by atoms with Crippen LogP contribution in [0.15, 0.2) is 36.7 Å². The van der Waals surface area contributed by atoms with Crippen LogP contribution in [0, 0.1) is 0 Å². The summed E-state index contributed by atoms with van der Waals surface area (Å²) in [7, 11) is 2.11. The molecule has 1 aliphatic rings. The Morgan fingerprint density at radius 1 is 0.792 bits per heavy atom. The molecule has 1 aliphatic heterocycles. The second-order valence-electron chi connectivity index (χ2n) is 6.71. The van der Waals surface area contributed by atoms with Crippen molar-refractivity contribution in [2.24, 2.45) is 0 Å². The van der Waals surface area contributed by atoms with Crippen LogP contribution in [0.25, 0.3) is 0 Å². The van der Waals surface area contributed by atoms with Gasteiger partial charge in [-0.05, 0) is 35.1 Å². The summed E-state index contributed by atoms with van der Waals surface area (Å²) < 4.78 is 0. The summed E-state index contributed by atoms with van der Waals surface area (Å²) in [5, 5.41) is 0. The van der Waals surface area contributed by atoms with Gasteiger partial charge in [0.05, 0.1) is 0 Å². The summed E-state index contributed by atoms with van der Waals surface area (Å²) >= 11 is 0. The van der Waals surface area contributed by atoms with Gasteiger partial charge in [-0.15, -0.1) is 0 Å². The standard InChI is InChI=1S/C18H24BN4.Pt/c1-13(2)15-5-7-17(20-11-15)22-9-10-23(19-22)18-8-6-16(12-21-18)14(3)4;/h5-8,11-14H,9-10H2,1-4H3;. The largest absolute Gasteiger partial charge is 0.394 e. The molecular weight excluding hydrogens is 478 g/mol. The molecule has 4 nitrogen and oxygen atoms in total. The molecule has 3 heterocycles. The number of nitrogens with zero attached hydrogens (tertiary/aromatic N) is 4. The summed E-state index contributed by atoms with van der Waals surface area (Å²) in [6.07, 6.45) is 3.96. The molecule has 24 heavy (non-hydrogen) atoms. The first-order valence-electron chi connectivity index (χ1n) is 8.35. The van der Waals surface area contributed by atoms with E-state index in [1.165, 1.54) is 11.1 Å². The van der Waals surface area contributed by atoms with Crippen molar-refractivity contribution in [3.05, 3.63) is 47.8 Å². The summed E-state index contributed by atoms with van der Waals surface area (Å²) in [4.78, 5) is 13.6. The van der Waals surface area contributed by atoms with Gasteiger partial charge in [-0.3, -0.25) is 0 Å². The number of pyridine rings is 2. The third kappa shape index (κ3) is 4.19. The minimum Gasteiger partial charge on any atom is -0.382 e. The molecule has 0 amide bonds. The Morgan fingerprint density at radius 2 is 1.21 bits per heavy atom. The minimum absolute atomic E-state index is 0. The van der Waals surface area contributed by atoms with Gasteiger partial charge >= 0.3 is 7.55 Å². The van der Waals surface area contributed by atoms with Gasteiger partial charge in [0.15, 0.2) is 0 Å². The second-order valence-corrected chi connectivity index (χ2v) is 6.71. The third-order valence-corrected chi connectivity index (χ3v) is 4.32. The molecule has 129 valence electrons. The van der Waals surface area contributed by atoms with Gasteiger partial charge in [0.2, 0.25) is 0 Å². The maximum Gasteiger partial charge on any atom is 0.394 e. The normalized spacial score (nSPS) is 14.1. The topological polar surface area (TPSA) is 32.3 Å². The zero-order valence-corrected chi connectivity index (χ0v) is 17.0. The first-order valence-corrected chi connectivity index (χ1v) is 8.35. The Bertz CT molecular complexity index is 586. The van der Waals surface area contributed by atoms with Gasteiger partial charge in [0.1, 0.15) is 11.6 Å². The van der Waals surface area contributed by atoms with E-state index in [2.05, 4.69) is 79.1 Å². The van der Waals surface area contributed by atoms with Crippen LogP contribution in [0.4, 0.5) is 11.6 Å². The smallest absolute Gasteiger partial charge is 0.382 e.